The van der Waals surface area contributed by atoms with Gasteiger partial charge in [-0.05, 0) is 31.2 Å². The van der Waals surface area contributed by atoms with Gasteiger partial charge in [-0.1, -0.05) is 36.7 Å². The molecule has 0 aliphatic rings. The molecule has 1 aromatic carbocycles. The highest BCUT2D eigenvalue weighted by Crippen LogP contribution is 2.26. The average molecular weight is 277 g/mol. The average Bonchev–Trinajstić information content (AvgIpc) is 2.43. The Morgan fingerprint density at radius 2 is 2.00 bits per heavy atom. The van der Waals surface area contributed by atoms with Crippen LogP contribution >= 0.6 is 11.6 Å². The van der Waals surface area contributed by atoms with Gasteiger partial charge in [0.05, 0.1) is 10.7 Å². The SMILES string of the molecule is CCc1ccccc1Oc1ccc(Cl)c(CNC)n1. The Bertz CT molecular complexity index is 558. The molecule has 0 amide bonds. The zero-order valence-electron chi connectivity index (χ0n) is 11.1. The third kappa shape index (κ3) is 3.46. The lowest BCUT2D eigenvalue weighted by Crippen LogP contribution is -2.08. The van der Waals surface area contributed by atoms with Crippen molar-refractivity contribution in [1.82, 2.24) is 10.3 Å². The first-order chi connectivity index (χ1) is 9.24. The fourth-order valence-corrected chi connectivity index (χ4v) is 1.99. The summed E-state index contributed by atoms with van der Waals surface area (Å²) in [5, 5.41) is 3.68. The van der Waals surface area contributed by atoms with E-state index in [1.807, 2.05) is 31.3 Å². The fourth-order valence-electron chi connectivity index (χ4n) is 1.82. The number of rotatable bonds is 5. The second-order valence-electron chi connectivity index (χ2n) is 4.17. The minimum absolute atomic E-state index is 0.565. The molecule has 2 rings (SSSR count). The highest BCUT2D eigenvalue weighted by Gasteiger charge is 2.07. The van der Waals surface area contributed by atoms with Crippen molar-refractivity contribution >= 4 is 11.6 Å². The van der Waals surface area contributed by atoms with Crippen molar-refractivity contribution in [1.29, 1.82) is 0 Å². The Hall–Kier alpha value is -1.58. The number of para-hydroxylation sites is 1. The van der Waals surface area contributed by atoms with Crippen LogP contribution in [-0.2, 0) is 13.0 Å². The molecule has 0 radical (unpaired) electrons. The van der Waals surface area contributed by atoms with E-state index in [0.29, 0.717) is 17.4 Å². The van der Waals surface area contributed by atoms with Crippen LogP contribution in [0.15, 0.2) is 36.4 Å². The van der Waals surface area contributed by atoms with Gasteiger partial charge in [-0.2, -0.15) is 0 Å². The third-order valence-corrected chi connectivity index (χ3v) is 3.15. The van der Waals surface area contributed by atoms with E-state index in [1.165, 1.54) is 0 Å². The van der Waals surface area contributed by atoms with E-state index in [0.717, 1.165) is 23.4 Å². The third-order valence-electron chi connectivity index (χ3n) is 2.81. The largest absolute Gasteiger partial charge is 0.439 e. The molecule has 0 unspecified atom stereocenters. The number of nitrogens with one attached hydrogen (secondary N) is 1. The molecule has 100 valence electrons. The Morgan fingerprint density at radius 3 is 2.74 bits per heavy atom. The molecule has 1 N–H and O–H groups in total. The van der Waals surface area contributed by atoms with Gasteiger partial charge in [0.1, 0.15) is 5.75 Å². The summed E-state index contributed by atoms with van der Waals surface area (Å²) < 4.78 is 5.84. The summed E-state index contributed by atoms with van der Waals surface area (Å²) in [4.78, 5) is 4.42. The molecule has 2 aromatic rings. The Kier molecular flexibility index (Phi) is 4.77. The number of nitrogens with zero attached hydrogens (tertiary/aromatic N) is 1. The second kappa shape index (κ2) is 6.55. The zero-order valence-corrected chi connectivity index (χ0v) is 11.9. The predicted molar refractivity (Wildman–Crippen MR) is 77.9 cm³/mol. The number of aromatic nitrogens is 1. The maximum absolute atomic E-state index is 6.08. The molecule has 4 heteroatoms. The van der Waals surface area contributed by atoms with Crippen LogP contribution in [0.25, 0.3) is 0 Å². The summed E-state index contributed by atoms with van der Waals surface area (Å²) in [7, 11) is 1.86. The lowest BCUT2D eigenvalue weighted by molar-refractivity contribution is 0.455. The van der Waals surface area contributed by atoms with E-state index < -0.39 is 0 Å². The van der Waals surface area contributed by atoms with Gasteiger partial charge in [-0.25, -0.2) is 4.98 Å². The number of hydrogen-bond donors (Lipinski definition) is 1. The monoisotopic (exact) mass is 276 g/mol. The topological polar surface area (TPSA) is 34.1 Å². The molecular weight excluding hydrogens is 260 g/mol. The van der Waals surface area contributed by atoms with Gasteiger partial charge in [0.25, 0.3) is 0 Å². The molecule has 19 heavy (non-hydrogen) atoms. The van der Waals surface area contributed by atoms with E-state index in [4.69, 9.17) is 16.3 Å². The molecule has 0 saturated heterocycles. The van der Waals surface area contributed by atoms with Gasteiger partial charge in [0.15, 0.2) is 0 Å². The van der Waals surface area contributed by atoms with Crippen LogP contribution in [0.1, 0.15) is 18.2 Å². The molecule has 0 saturated carbocycles. The van der Waals surface area contributed by atoms with Crippen molar-refractivity contribution in [3.05, 3.63) is 52.7 Å². The molecule has 0 aliphatic carbocycles. The van der Waals surface area contributed by atoms with E-state index in [2.05, 4.69) is 23.3 Å². The lowest BCUT2D eigenvalue weighted by Gasteiger charge is -2.10. The lowest BCUT2D eigenvalue weighted by atomic mass is 10.1. The van der Waals surface area contributed by atoms with E-state index in [1.54, 1.807) is 6.07 Å². The summed E-state index contributed by atoms with van der Waals surface area (Å²) in [6.07, 6.45) is 0.924. The van der Waals surface area contributed by atoms with Crippen LogP contribution < -0.4 is 10.1 Å². The van der Waals surface area contributed by atoms with E-state index in [-0.39, 0.29) is 0 Å². The van der Waals surface area contributed by atoms with Crippen LogP contribution in [0.4, 0.5) is 0 Å². The molecule has 1 heterocycles. The fraction of sp³-hybridized carbons (Fsp3) is 0.267. The highest BCUT2D eigenvalue weighted by molar-refractivity contribution is 6.31. The van der Waals surface area contributed by atoms with Gasteiger partial charge in [-0.15, -0.1) is 0 Å². The van der Waals surface area contributed by atoms with Crippen molar-refractivity contribution in [3.8, 4) is 11.6 Å². The number of hydrogen-bond acceptors (Lipinski definition) is 3. The Morgan fingerprint density at radius 1 is 1.21 bits per heavy atom. The van der Waals surface area contributed by atoms with Crippen molar-refractivity contribution in [2.24, 2.45) is 0 Å². The molecule has 0 bridgehead atoms. The number of pyridine rings is 1. The van der Waals surface area contributed by atoms with Gasteiger partial charge in [0.2, 0.25) is 5.88 Å². The normalized spacial score (nSPS) is 10.5. The Labute approximate surface area is 118 Å². The van der Waals surface area contributed by atoms with Crippen LogP contribution in [0.2, 0.25) is 5.02 Å². The van der Waals surface area contributed by atoms with E-state index in [9.17, 15) is 0 Å². The summed E-state index contributed by atoms with van der Waals surface area (Å²) in [6.45, 7) is 2.72. The highest BCUT2D eigenvalue weighted by atomic mass is 35.5. The number of halogens is 1. The maximum atomic E-state index is 6.08. The molecule has 0 fully saturated rings. The van der Waals surface area contributed by atoms with Crippen molar-refractivity contribution < 1.29 is 4.74 Å². The minimum Gasteiger partial charge on any atom is -0.439 e. The van der Waals surface area contributed by atoms with E-state index >= 15 is 0 Å². The smallest absolute Gasteiger partial charge is 0.219 e. The number of aryl methyl sites for hydroxylation is 1. The molecule has 1 aromatic heterocycles. The zero-order chi connectivity index (χ0) is 13.7. The van der Waals surface area contributed by atoms with Gasteiger partial charge < -0.3 is 10.1 Å². The first-order valence-electron chi connectivity index (χ1n) is 6.30. The second-order valence-corrected chi connectivity index (χ2v) is 4.58. The number of benzene rings is 1. The van der Waals surface area contributed by atoms with Crippen LogP contribution in [0.5, 0.6) is 11.6 Å². The van der Waals surface area contributed by atoms with Gasteiger partial charge in [0, 0.05) is 12.6 Å². The summed E-state index contributed by atoms with van der Waals surface area (Å²) in [6, 6.07) is 11.6. The summed E-state index contributed by atoms with van der Waals surface area (Å²) in [5.74, 6) is 1.41. The quantitative estimate of drug-likeness (QED) is 0.902. The first-order valence-corrected chi connectivity index (χ1v) is 6.68. The summed E-state index contributed by atoms with van der Waals surface area (Å²) in [5.41, 5.74) is 1.95. The number of ether oxygens (including phenoxy) is 1. The summed E-state index contributed by atoms with van der Waals surface area (Å²) >= 11 is 6.08. The van der Waals surface area contributed by atoms with Crippen LogP contribution in [0.3, 0.4) is 0 Å². The molecule has 0 atom stereocenters. The van der Waals surface area contributed by atoms with Crippen LogP contribution in [-0.4, -0.2) is 12.0 Å². The predicted octanol–water partition coefficient (Wildman–Crippen LogP) is 3.81. The minimum atomic E-state index is 0.565. The van der Waals surface area contributed by atoms with Crippen LogP contribution in [0, 0.1) is 0 Å². The molecule has 3 nitrogen and oxygen atoms in total. The standard InChI is InChI=1S/C15H17ClN2O/c1-3-11-6-4-5-7-14(11)19-15-9-8-12(16)13(18-15)10-17-2/h4-9,17H,3,10H2,1-2H3. The molecule has 0 aliphatic heterocycles. The maximum Gasteiger partial charge on any atom is 0.219 e. The van der Waals surface area contributed by atoms with Gasteiger partial charge >= 0.3 is 0 Å². The van der Waals surface area contributed by atoms with Crippen molar-refractivity contribution in [2.75, 3.05) is 7.05 Å². The van der Waals surface area contributed by atoms with Crippen molar-refractivity contribution in [3.63, 3.8) is 0 Å². The Balaban J connectivity index is 2.25. The van der Waals surface area contributed by atoms with Gasteiger partial charge in [-0.3, -0.25) is 0 Å². The van der Waals surface area contributed by atoms with Crippen molar-refractivity contribution in [2.45, 2.75) is 19.9 Å². The molecular formula is C15H17ClN2O. The first kappa shape index (κ1) is 13.8. The molecule has 0 spiro atoms.